The molecule has 0 aliphatic carbocycles. The summed E-state index contributed by atoms with van der Waals surface area (Å²) in [4.78, 5) is 24.0. The van der Waals surface area contributed by atoms with Crippen molar-refractivity contribution in [3.8, 4) is 0 Å². The minimum atomic E-state index is -0.913. The first kappa shape index (κ1) is 9.25. The summed E-state index contributed by atoms with van der Waals surface area (Å²) in [6.07, 6.45) is 5.91. The van der Waals surface area contributed by atoms with E-state index in [2.05, 4.69) is 4.98 Å². The number of pyridine rings is 1. The summed E-state index contributed by atoms with van der Waals surface area (Å²) in [5.41, 5.74) is 0.337. The second-order valence-electron chi connectivity index (χ2n) is 2.46. The molecule has 1 aromatic rings. The number of hydrogen-bond acceptors (Lipinski definition) is 2. The monoisotopic (exact) mass is 179 g/mol. The van der Waals surface area contributed by atoms with E-state index < -0.39 is 5.97 Å². The molecule has 0 spiro atoms. The van der Waals surface area contributed by atoms with Crippen molar-refractivity contribution in [3.05, 3.63) is 40.3 Å². The van der Waals surface area contributed by atoms with Gasteiger partial charge in [-0.1, -0.05) is 12.2 Å². The van der Waals surface area contributed by atoms with Crippen LogP contribution in [0.4, 0.5) is 0 Å². The molecule has 68 valence electrons. The number of aliphatic carboxylic acids is 1. The van der Waals surface area contributed by atoms with Crippen LogP contribution in [0, 0.1) is 0 Å². The fourth-order valence-electron chi connectivity index (χ4n) is 0.846. The Hall–Kier alpha value is -1.84. The van der Waals surface area contributed by atoms with Crippen LogP contribution in [0.5, 0.6) is 0 Å². The normalized spacial score (nSPS) is 10.5. The van der Waals surface area contributed by atoms with Crippen molar-refractivity contribution in [1.82, 2.24) is 4.98 Å². The molecule has 0 unspecified atom stereocenters. The van der Waals surface area contributed by atoms with Gasteiger partial charge >= 0.3 is 5.97 Å². The Labute approximate surface area is 74.5 Å². The summed E-state index contributed by atoms with van der Waals surface area (Å²) in [5, 5.41) is 8.32. The Balaban J connectivity index is 2.75. The summed E-state index contributed by atoms with van der Waals surface area (Å²) in [6, 6.07) is 1.39. The molecular formula is C9H9NO3. The predicted molar refractivity (Wildman–Crippen MR) is 48.3 cm³/mol. The van der Waals surface area contributed by atoms with E-state index in [1.54, 1.807) is 0 Å². The van der Waals surface area contributed by atoms with Gasteiger partial charge in [-0.15, -0.1) is 0 Å². The number of carbonyl (C=O) groups is 1. The molecule has 0 aliphatic rings. The van der Waals surface area contributed by atoms with Crippen LogP contribution in [0.1, 0.15) is 12.0 Å². The van der Waals surface area contributed by atoms with Crippen LogP contribution in [0.25, 0.3) is 6.08 Å². The number of hydrogen-bond donors (Lipinski definition) is 2. The zero-order valence-electron chi connectivity index (χ0n) is 6.86. The number of carboxylic acid groups (broad SMARTS) is 1. The third-order valence-corrected chi connectivity index (χ3v) is 1.44. The average Bonchev–Trinajstić information content (AvgIpc) is 2.08. The molecule has 0 aromatic carbocycles. The third-order valence-electron chi connectivity index (χ3n) is 1.44. The van der Waals surface area contributed by atoms with Gasteiger partial charge in [-0.3, -0.25) is 9.59 Å². The number of aromatic nitrogens is 1. The molecule has 0 saturated heterocycles. The molecular weight excluding hydrogens is 170 g/mol. The smallest absolute Gasteiger partial charge is 0.307 e. The Morgan fingerprint density at radius 2 is 2.38 bits per heavy atom. The van der Waals surface area contributed by atoms with Crippen molar-refractivity contribution < 1.29 is 9.90 Å². The van der Waals surface area contributed by atoms with E-state index in [0.29, 0.717) is 5.56 Å². The number of H-pyrrole nitrogens is 1. The van der Waals surface area contributed by atoms with E-state index in [1.807, 2.05) is 0 Å². The lowest BCUT2D eigenvalue weighted by molar-refractivity contribution is -0.135. The maximum Gasteiger partial charge on any atom is 0.307 e. The molecule has 4 nitrogen and oxygen atoms in total. The van der Waals surface area contributed by atoms with Crippen LogP contribution in [-0.2, 0) is 4.79 Å². The van der Waals surface area contributed by atoms with Gasteiger partial charge in [0.2, 0.25) is 0 Å². The average molecular weight is 179 g/mol. The van der Waals surface area contributed by atoms with Gasteiger partial charge in [-0.2, -0.15) is 0 Å². The molecule has 1 rings (SSSR count). The van der Waals surface area contributed by atoms with E-state index in [4.69, 9.17) is 5.11 Å². The van der Waals surface area contributed by atoms with Gasteiger partial charge in [0.1, 0.15) is 0 Å². The molecule has 4 heteroatoms. The van der Waals surface area contributed by atoms with Crippen LogP contribution in [0.15, 0.2) is 29.3 Å². The highest BCUT2D eigenvalue weighted by molar-refractivity contribution is 5.70. The predicted octanol–water partition coefficient (Wildman–Crippen LogP) is 0.863. The van der Waals surface area contributed by atoms with Gasteiger partial charge in [-0.05, 0) is 0 Å². The summed E-state index contributed by atoms with van der Waals surface area (Å²) in [7, 11) is 0. The van der Waals surface area contributed by atoms with Crippen LogP contribution in [-0.4, -0.2) is 16.1 Å². The SMILES string of the molecule is O=C(O)CC=Cc1c[nH]ccc1=O. The van der Waals surface area contributed by atoms with Gasteiger partial charge in [0.15, 0.2) is 5.43 Å². The van der Waals surface area contributed by atoms with Crippen LogP contribution in [0.2, 0.25) is 0 Å². The van der Waals surface area contributed by atoms with Crippen LogP contribution >= 0.6 is 0 Å². The molecule has 13 heavy (non-hydrogen) atoms. The fourth-order valence-corrected chi connectivity index (χ4v) is 0.846. The van der Waals surface area contributed by atoms with Crippen molar-refractivity contribution >= 4 is 12.0 Å². The largest absolute Gasteiger partial charge is 0.481 e. The Bertz CT molecular complexity index is 378. The zero-order valence-corrected chi connectivity index (χ0v) is 6.86. The lowest BCUT2D eigenvalue weighted by Gasteiger charge is -1.89. The van der Waals surface area contributed by atoms with E-state index in [0.717, 1.165) is 0 Å². The fraction of sp³-hybridized carbons (Fsp3) is 0.111. The minimum absolute atomic E-state index is 0.0751. The van der Waals surface area contributed by atoms with Gasteiger partial charge in [0.25, 0.3) is 0 Å². The number of aromatic amines is 1. The van der Waals surface area contributed by atoms with Crippen molar-refractivity contribution in [3.63, 3.8) is 0 Å². The van der Waals surface area contributed by atoms with Gasteiger partial charge in [0.05, 0.1) is 6.42 Å². The number of carboxylic acids is 1. The second-order valence-corrected chi connectivity index (χ2v) is 2.46. The van der Waals surface area contributed by atoms with Crippen LogP contribution in [0.3, 0.4) is 0 Å². The van der Waals surface area contributed by atoms with E-state index in [1.165, 1.54) is 30.6 Å². The lowest BCUT2D eigenvalue weighted by Crippen LogP contribution is -2.02. The molecule has 1 heterocycles. The summed E-state index contributed by atoms with van der Waals surface area (Å²) >= 11 is 0. The first-order chi connectivity index (χ1) is 6.20. The van der Waals surface area contributed by atoms with Crippen molar-refractivity contribution in [1.29, 1.82) is 0 Å². The number of rotatable bonds is 3. The highest BCUT2D eigenvalue weighted by atomic mass is 16.4. The minimum Gasteiger partial charge on any atom is -0.481 e. The van der Waals surface area contributed by atoms with Gasteiger partial charge < -0.3 is 10.1 Å². The Morgan fingerprint density at radius 1 is 1.62 bits per heavy atom. The molecule has 0 fully saturated rings. The third kappa shape index (κ3) is 2.94. The highest BCUT2D eigenvalue weighted by Gasteiger charge is 1.93. The van der Waals surface area contributed by atoms with Crippen molar-refractivity contribution in [2.24, 2.45) is 0 Å². The maximum absolute atomic E-state index is 11.1. The molecule has 0 atom stereocenters. The zero-order chi connectivity index (χ0) is 9.68. The molecule has 1 aromatic heterocycles. The van der Waals surface area contributed by atoms with Gasteiger partial charge in [-0.25, -0.2) is 0 Å². The van der Waals surface area contributed by atoms with Gasteiger partial charge in [0, 0.05) is 24.0 Å². The Kier molecular flexibility index (Phi) is 3.03. The molecule has 0 aliphatic heterocycles. The van der Waals surface area contributed by atoms with Crippen molar-refractivity contribution in [2.45, 2.75) is 6.42 Å². The summed E-state index contributed by atoms with van der Waals surface area (Å²) in [5.74, 6) is -0.913. The van der Waals surface area contributed by atoms with E-state index >= 15 is 0 Å². The first-order valence-corrected chi connectivity index (χ1v) is 3.75. The van der Waals surface area contributed by atoms with Crippen LogP contribution < -0.4 is 5.43 Å². The molecule has 2 N–H and O–H groups in total. The number of nitrogens with one attached hydrogen (secondary N) is 1. The summed E-state index contributed by atoms with van der Waals surface area (Å²) in [6.45, 7) is 0. The Morgan fingerprint density at radius 3 is 3.00 bits per heavy atom. The van der Waals surface area contributed by atoms with E-state index in [9.17, 15) is 9.59 Å². The molecule has 0 bridgehead atoms. The van der Waals surface area contributed by atoms with E-state index in [-0.39, 0.29) is 11.8 Å². The second kappa shape index (κ2) is 4.25. The van der Waals surface area contributed by atoms with Crippen molar-refractivity contribution in [2.75, 3.05) is 0 Å². The summed E-state index contributed by atoms with van der Waals surface area (Å²) < 4.78 is 0. The quantitative estimate of drug-likeness (QED) is 0.723. The standard InChI is InChI=1S/C9H9NO3/c11-8-4-5-10-6-7(8)2-1-3-9(12)13/h1-2,4-6H,3H2,(H,10,11)(H,12,13). The molecule has 0 amide bonds. The molecule has 0 saturated carbocycles. The molecule has 0 radical (unpaired) electrons. The highest BCUT2D eigenvalue weighted by Crippen LogP contribution is 1.93. The topological polar surface area (TPSA) is 70.2 Å². The maximum atomic E-state index is 11.1. The lowest BCUT2D eigenvalue weighted by atomic mass is 10.2. The first-order valence-electron chi connectivity index (χ1n) is 3.75.